The molecule has 0 amide bonds. The monoisotopic (exact) mass is 394 g/mol. The Hall–Kier alpha value is -3.13. The van der Waals surface area contributed by atoms with E-state index in [9.17, 15) is 4.39 Å². The van der Waals surface area contributed by atoms with Gasteiger partial charge in [-0.2, -0.15) is 5.10 Å². The maximum absolute atomic E-state index is 15.7. The van der Waals surface area contributed by atoms with E-state index in [2.05, 4.69) is 20.2 Å². The van der Waals surface area contributed by atoms with Gasteiger partial charge in [-0.15, -0.1) is 0 Å². The van der Waals surface area contributed by atoms with Crippen LogP contribution >= 0.6 is 0 Å². The van der Waals surface area contributed by atoms with Crippen molar-refractivity contribution in [1.29, 1.82) is 0 Å². The van der Waals surface area contributed by atoms with Crippen LogP contribution < -0.4 is 5.73 Å². The van der Waals surface area contributed by atoms with Crippen LogP contribution in [0.15, 0.2) is 42.7 Å². The number of aromatic nitrogens is 5. The van der Waals surface area contributed by atoms with Gasteiger partial charge in [0.25, 0.3) is 0 Å². The predicted octanol–water partition coefficient (Wildman–Crippen LogP) is 4.21. The Bertz CT molecular complexity index is 1170. The predicted molar refractivity (Wildman–Crippen MR) is 106 cm³/mol. The highest BCUT2D eigenvalue weighted by atomic mass is 19.1. The molecule has 2 aromatic carbocycles. The zero-order valence-corrected chi connectivity index (χ0v) is 15.6. The molecule has 1 fully saturated rings. The molecule has 2 aromatic heterocycles. The van der Waals surface area contributed by atoms with Crippen molar-refractivity contribution in [2.45, 2.75) is 37.8 Å². The summed E-state index contributed by atoms with van der Waals surface area (Å²) in [6, 6.07) is 9.75. The van der Waals surface area contributed by atoms with Crippen LogP contribution in [-0.4, -0.2) is 30.8 Å². The molecule has 2 heterocycles. The van der Waals surface area contributed by atoms with Gasteiger partial charge in [-0.1, -0.05) is 12.1 Å². The van der Waals surface area contributed by atoms with Gasteiger partial charge < -0.3 is 10.3 Å². The molecule has 0 bridgehead atoms. The molecular formula is C21H20F2N6. The highest BCUT2D eigenvalue weighted by Gasteiger charge is 2.29. The van der Waals surface area contributed by atoms with Crippen molar-refractivity contribution in [3.8, 4) is 22.8 Å². The van der Waals surface area contributed by atoms with Crippen LogP contribution in [0.1, 0.15) is 31.7 Å². The number of halogens is 2. The van der Waals surface area contributed by atoms with Gasteiger partial charge in [-0.3, -0.25) is 5.10 Å². The lowest BCUT2D eigenvalue weighted by Gasteiger charge is -2.29. The Kier molecular flexibility index (Phi) is 4.35. The summed E-state index contributed by atoms with van der Waals surface area (Å²) < 4.78 is 32.2. The maximum atomic E-state index is 15.7. The summed E-state index contributed by atoms with van der Waals surface area (Å²) in [4.78, 5) is 8.69. The fraction of sp³-hybridized carbons (Fsp3) is 0.286. The van der Waals surface area contributed by atoms with E-state index in [0.717, 1.165) is 19.3 Å². The first-order valence-corrected chi connectivity index (χ1v) is 9.70. The fourth-order valence-corrected chi connectivity index (χ4v) is 4.28. The van der Waals surface area contributed by atoms with Gasteiger partial charge in [0.15, 0.2) is 11.6 Å². The Morgan fingerprint density at radius 3 is 2.69 bits per heavy atom. The summed E-state index contributed by atoms with van der Waals surface area (Å²) in [5.74, 6) is -0.164. The number of nitrogens with two attached hydrogens (primary N) is 1. The van der Waals surface area contributed by atoms with Crippen LogP contribution in [0.4, 0.5) is 8.78 Å². The second-order valence-corrected chi connectivity index (χ2v) is 7.48. The lowest BCUT2D eigenvalue weighted by Crippen LogP contribution is -2.29. The zero-order valence-electron chi connectivity index (χ0n) is 15.6. The molecular weight excluding hydrogens is 374 g/mol. The fourth-order valence-electron chi connectivity index (χ4n) is 4.28. The van der Waals surface area contributed by atoms with E-state index in [1.165, 1.54) is 12.4 Å². The molecule has 0 radical (unpaired) electrons. The largest absolute Gasteiger partial charge is 0.328 e. The van der Waals surface area contributed by atoms with Crippen molar-refractivity contribution in [1.82, 2.24) is 24.7 Å². The normalized spacial score (nSPS) is 19.7. The molecule has 0 aliphatic heterocycles. The smallest absolute Gasteiger partial charge is 0.183 e. The SMILES string of the molecule is N[C@H]1CCC[C@@H](n2c(-c3ccccc3F)nc3ccc(-c4nc[nH]n4)c(F)c32)C1. The number of hydrogen-bond acceptors (Lipinski definition) is 4. The Morgan fingerprint density at radius 2 is 1.93 bits per heavy atom. The second kappa shape index (κ2) is 7.04. The topological polar surface area (TPSA) is 85.4 Å². The molecule has 5 rings (SSSR count). The number of nitrogens with one attached hydrogen (secondary N) is 1. The van der Waals surface area contributed by atoms with E-state index in [4.69, 9.17) is 5.73 Å². The van der Waals surface area contributed by atoms with Crippen molar-refractivity contribution in [2.75, 3.05) is 0 Å². The molecule has 6 nitrogen and oxygen atoms in total. The van der Waals surface area contributed by atoms with Gasteiger partial charge in [0, 0.05) is 12.1 Å². The first-order valence-electron chi connectivity index (χ1n) is 9.70. The molecule has 1 aliphatic carbocycles. The van der Waals surface area contributed by atoms with E-state index in [0.29, 0.717) is 28.8 Å². The van der Waals surface area contributed by atoms with Gasteiger partial charge in [0.05, 0.1) is 16.6 Å². The molecule has 3 N–H and O–H groups in total. The van der Waals surface area contributed by atoms with Crippen molar-refractivity contribution in [2.24, 2.45) is 5.73 Å². The van der Waals surface area contributed by atoms with Crippen LogP contribution in [0.25, 0.3) is 33.8 Å². The van der Waals surface area contributed by atoms with Gasteiger partial charge in [-0.05, 0) is 49.9 Å². The van der Waals surface area contributed by atoms with Gasteiger partial charge in [0.1, 0.15) is 23.5 Å². The number of rotatable bonds is 3. The minimum Gasteiger partial charge on any atom is -0.328 e. The van der Waals surface area contributed by atoms with Crippen molar-refractivity contribution >= 4 is 11.0 Å². The van der Waals surface area contributed by atoms with Crippen LogP contribution in [0, 0.1) is 11.6 Å². The molecule has 4 aromatic rings. The van der Waals surface area contributed by atoms with Crippen molar-refractivity contribution in [3.63, 3.8) is 0 Å². The quantitative estimate of drug-likeness (QED) is 0.545. The molecule has 0 spiro atoms. The summed E-state index contributed by atoms with van der Waals surface area (Å²) in [7, 11) is 0. The summed E-state index contributed by atoms with van der Waals surface area (Å²) in [6.45, 7) is 0. The third kappa shape index (κ3) is 3.00. The standard InChI is InChI=1S/C21H20F2N6/c22-16-7-2-1-6-14(16)21-27-17-9-8-15(20-25-11-26-28-20)18(23)19(17)29(21)13-5-3-4-12(24)10-13/h1-2,6-9,11-13H,3-5,10,24H2,(H,25,26,28)/t12-,13+/m0/s1. The van der Waals surface area contributed by atoms with Crippen LogP contribution in [0.5, 0.6) is 0 Å². The molecule has 2 atom stereocenters. The lowest BCUT2D eigenvalue weighted by atomic mass is 9.91. The number of H-pyrrole nitrogens is 1. The van der Waals surface area contributed by atoms with Gasteiger partial charge >= 0.3 is 0 Å². The minimum atomic E-state index is -0.462. The van der Waals surface area contributed by atoms with E-state index in [1.807, 2.05) is 4.57 Å². The third-order valence-corrected chi connectivity index (χ3v) is 5.61. The maximum Gasteiger partial charge on any atom is 0.183 e. The van der Waals surface area contributed by atoms with Crippen LogP contribution in [0.2, 0.25) is 0 Å². The molecule has 8 heteroatoms. The average Bonchev–Trinajstić information content (AvgIpc) is 3.37. The Morgan fingerprint density at radius 1 is 1.07 bits per heavy atom. The first-order chi connectivity index (χ1) is 14.1. The molecule has 0 saturated heterocycles. The number of fused-ring (bicyclic) bond motifs is 1. The number of benzene rings is 2. The van der Waals surface area contributed by atoms with Gasteiger partial charge in [0.2, 0.25) is 0 Å². The average molecular weight is 394 g/mol. The molecule has 1 saturated carbocycles. The van der Waals surface area contributed by atoms with Crippen molar-refractivity contribution < 1.29 is 8.78 Å². The highest BCUT2D eigenvalue weighted by Crippen LogP contribution is 2.38. The van der Waals surface area contributed by atoms with Crippen LogP contribution in [-0.2, 0) is 0 Å². The summed E-state index contributed by atoms with van der Waals surface area (Å²) in [6.07, 6.45) is 4.80. The lowest BCUT2D eigenvalue weighted by molar-refractivity contribution is 0.325. The van der Waals surface area contributed by atoms with E-state index in [1.54, 1.807) is 30.3 Å². The first kappa shape index (κ1) is 17.9. The molecule has 1 aliphatic rings. The highest BCUT2D eigenvalue weighted by molar-refractivity contribution is 5.85. The minimum absolute atomic E-state index is 0.0268. The number of hydrogen-bond donors (Lipinski definition) is 2. The number of aromatic amines is 1. The number of nitrogens with zero attached hydrogens (tertiary/aromatic N) is 4. The van der Waals surface area contributed by atoms with E-state index < -0.39 is 11.6 Å². The second-order valence-electron chi connectivity index (χ2n) is 7.48. The Labute approximate surface area is 165 Å². The van der Waals surface area contributed by atoms with Crippen molar-refractivity contribution in [3.05, 3.63) is 54.4 Å². The van der Waals surface area contributed by atoms with Crippen LogP contribution in [0.3, 0.4) is 0 Å². The van der Waals surface area contributed by atoms with E-state index in [-0.39, 0.29) is 23.5 Å². The molecule has 29 heavy (non-hydrogen) atoms. The summed E-state index contributed by atoms with van der Waals surface area (Å²) in [5, 5.41) is 6.61. The Balaban J connectivity index is 1.79. The summed E-state index contributed by atoms with van der Waals surface area (Å²) >= 11 is 0. The van der Waals surface area contributed by atoms with Gasteiger partial charge in [-0.25, -0.2) is 18.7 Å². The molecule has 0 unspecified atom stereocenters. The number of imidazole rings is 1. The molecule has 148 valence electrons. The summed E-state index contributed by atoms with van der Waals surface area (Å²) in [5.41, 5.74) is 7.65. The third-order valence-electron chi connectivity index (χ3n) is 5.61. The van der Waals surface area contributed by atoms with E-state index >= 15 is 4.39 Å². The zero-order chi connectivity index (χ0) is 20.0.